The molecular formula is C13H8B2FNO2. The second-order valence-corrected chi connectivity index (χ2v) is 3.94. The van der Waals surface area contributed by atoms with E-state index in [0.717, 1.165) is 0 Å². The molecule has 0 unspecified atom stereocenters. The standard InChI is InChI=1S/C13H8B2FNO2/c14-7-5-8(12(18)9(15)6-7)13(19)17-11-4-2-1-3-10(11)16/h1-6,18H,(H,17,19). The number of rotatable bonds is 2. The molecular weight excluding hydrogens is 243 g/mol. The van der Waals surface area contributed by atoms with E-state index < -0.39 is 11.7 Å². The molecule has 1 amide bonds. The van der Waals surface area contributed by atoms with Crippen LogP contribution in [0.3, 0.4) is 0 Å². The fourth-order valence-corrected chi connectivity index (χ4v) is 1.61. The number of anilines is 1. The van der Waals surface area contributed by atoms with Gasteiger partial charge in [-0.3, -0.25) is 4.79 Å². The molecule has 6 heteroatoms. The van der Waals surface area contributed by atoms with Crippen LogP contribution in [0, 0.1) is 5.82 Å². The van der Waals surface area contributed by atoms with E-state index in [1.54, 1.807) is 6.07 Å². The Labute approximate surface area is 112 Å². The molecule has 0 heterocycles. The summed E-state index contributed by atoms with van der Waals surface area (Å²) in [6.45, 7) is 0. The van der Waals surface area contributed by atoms with Gasteiger partial charge in [0.2, 0.25) is 0 Å². The number of hydrogen-bond acceptors (Lipinski definition) is 2. The Hall–Kier alpha value is -2.23. The highest BCUT2D eigenvalue weighted by Crippen LogP contribution is 2.17. The van der Waals surface area contributed by atoms with Crippen LogP contribution in [0.2, 0.25) is 0 Å². The number of phenols is 1. The van der Waals surface area contributed by atoms with Crippen molar-refractivity contribution in [2.75, 3.05) is 5.32 Å². The van der Waals surface area contributed by atoms with Crippen molar-refractivity contribution in [3.05, 3.63) is 47.8 Å². The van der Waals surface area contributed by atoms with Gasteiger partial charge in [-0.1, -0.05) is 35.2 Å². The first kappa shape index (κ1) is 13.2. The van der Waals surface area contributed by atoms with Gasteiger partial charge < -0.3 is 10.4 Å². The van der Waals surface area contributed by atoms with Gasteiger partial charge >= 0.3 is 0 Å². The van der Waals surface area contributed by atoms with Crippen molar-refractivity contribution < 1.29 is 14.3 Å². The maximum absolute atomic E-state index is 13.4. The van der Waals surface area contributed by atoms with Gasteiger partial charge in [0.25, 0.3) is 5.91 Å². The lowest BCUT2D eigenvalue weighted by Gasteiger charge is -2.10. The molecule has 2 aromatic carbocycles. The van der Waals surface area contributed by atoms with E-state index in [4.69, 9.17) is 15.7 Å². The Balaban J connectivity index is 2.33. The van der Waals surface area contributed by atoms with Gasteiger partial charge in [0.15, 0.2) is 0 Å². The number of amides is 1. The van der Waals surface area contributed by atoms with E-state index in [2.05, 4.69) is 5.32 Å². The number of benzene rings is 2. The lowest BCUT2D eigenvalue weighted by atomic mass is 9.84. The lowest BCUT2D eigenvalue weighted by molar-refractivity contribution is 0.102. The molecule has 0 atom stereocenters. The van der Waals surface area contributed by atoms with Crippen LogP contribution in [0.1, 0.15) is 10.4 Å². The fourth-order valence-electron chi connectivity index (χ4n) is 1.61. The van der Waals surface area contributed by atoms with Gasteiger partial charge in [-0.2, -0.15) is 0 Å². The van der Waals surface area contributed by atoms with Gasteiger partial charge in [0.1, 0.15) is 27.3 Å². The Bertz CT molecular complexity index is 647. The van der Waals surface area contributed by atoms with Crippen molar-refractivity contribution in [3.8, 4) is 5.75 Å². The van der Waals surface area contributed by atoms with E-state index in [-0.39, 0.29) is 27.9 Å². The minimum Gasteiger partial charge on any atom is -0.508 e. The second-order valence-electron chi connectivity index (χ2n) is 3.94. The zero-order valence-electron chi connectivity index (χ0n) is 9.85. The molecule has 19 heavy (non-hydrogen) atoms. The fraction of sp³-hybridized carbons (Fsp3) is 0. The molecule has 4 radical (unpaired) electrons. The number of carbonyl (C=O) groups excluding carboxylic acids is 1. The summed E-state index contributed by atoms with van der Waals surface area (Å²) in [5, 5.41) is 12.0. The summed E-state index contributed by atoms with van der Waals surface area (Å²) < 4.78 is 13.4. The third kappa shape index (κ3) is 2.78. The first-order valence-electron chi connectivity index (χ1n) is 5.43. The summed E-state index contributed by atoms with van der Waals surface area (Å²) in [7, 11) is 11.0. The topological polar surface area (TPSA) is 49.3 Å². The molecule has 0 aliphatic heterocycles. The van der Waals surface area contributed by atoms with Crippen molar-refractivity contribution in [2.45, 2.75) is 0 Å². The van der Waals surface area contributed by atoms with Crippen LogP contribution < -0.4 is 16.2 Å². The van der Waals surface area contributed by atoms with Crippen LogP contribution in [0.15, 0.2) is 36.4 Å². The molecule has 2 rings (SSSR count). The molecule has 2 N–H and O–H groups in total. The number of hydrogen-bond donors (Lipinski definition) is 2. The summed E-state index contributed by atoms with van der Waals surface area (Å²) in [5.74, 6) is -1.66. The van der Waals surface area contributed by atoms with Crippen molar-refractivity contribution in [2.24, 2.45) is 0 Å². The monoisotopic (exact) mass is 251 g/mol. The van der Waals surface area contributed by atoms with Gasteiger partial charge in [-0.15, -0.1) is 0 Å². The molecule has 0 saturated heterocycles. The molecule has 0 aromatic heterocycles. The lowest BCUT2D eigenvalue weighted by Crippen LogP contribution is -2.21. The highest BCUT2D eigenvalue weighted by atomic mass is 19.1. The average molecular weight is 251 g/mol. The number of carbonyl (C=O) groups is 1. The Morgan fingerprint density at radius 3 is 2.58 bits per heavy atom. The van der Waals surface area contributed by atoms with Crippen molar-refractivity contribution in [1.82, 2.24) is 0 Å². The number of para-hydroxylation sites is 1. The first-order chi connectivity index (χ1) is 8.99. The van der Waals surface area contributed by atoms with Crippen LogP contribution in [0.25, 0.3) is 0 Å². The number of phenolic OH excluding ortho intramolecular Hbond substituents is 1. The molecule has 0 saturated carbocycles. The predicted octanol–water partition coefficient (Wildman–Crippen LogP) is 0.371. The average Bonchev–Trinajstić information content (AvgIpc) is 2.36. The normalized spacial score (nSPS) is 10.2. The molecule has 0 bridgehead atoms. The van der Waals surface area contributed by atoms with Gasteiger partial charge in [0.05, 0.1) is 11.3 Å². The molecule has 3 nitrogen and oxygen atoms in total. The molecule has 0 spiro atoms. The second kappa shape index (κ2) is 5.18. The smallest absolute Gasteiger partial charge is 0.259 e. The van der Waals surface area contributed by atoms with Crippen LogP contribution in [0.5, 0.6) is 5.75 Å². The van der Waals surface area contributed by atoms with Crippen LogP contribution in [-0.2, 0) is 0 Å². The van der Waals surface area contributed by atoms with Gasteiger partial charge in [-0.25, -0.2) is 4.39 Å². The van der Waals surface area contributed by atoms with Crippen LogP contribution >= 0.6 is 0 Å². The Kier molecular flexibility index (Phi) is 3.60. The third-order valence-corrected chi connectivity index (χ3v) is 2.53. The largest absolute Gasteiger partial charge is 0.508 e. The number of halogens is 1. The molecule has 0 aliphatic rings. The summed E-state index contributed by atoms with van der Waals surface area (Å²) in [6.07, 6.45) is 0. The van der Waals surface area contributed by atoms with Crippen molar-refractivity contribution >= 4 is 38.2 Å². The SMILES string of the molecule is [B]c1cc([B])c(O)c(C(=O)Nc2ccccc2F)c1. The summed E-state index contributed by atoms with van der Waals surface area (Å²) in [6, 6.07) is 8.29. The van der Waals surface area contributed by atoms with Crippen LogP contribution in [0.4, 0.5) is 10.1 Å². The van der Waals surface area contributed by atoms with Gasteiger partial charge in [-0.05, 0) is 12.1 Å². The summed E-state index contributed by atoms with van der Waals surface area (Å²) in [4.78, 5) is 11.9. The molecule has 0 aliphatic carbocycles. The predicted molar refractivity (Wildman–Crippen MR) is 73.2 cm³/mol. The summed E-state index contributed by atoms with van der Waals surface area (Å²) >= 11 is 0. The maximum atomic E-state index is 13.4. The van der Waals surface area contributed by atoms with E-state index in [9.17, 15) is 14.3 Å². The van der Waals surface area contributed by atoms with E-state index in [0.29, 0.717) is 0 Å². The van der Waals surface area contributed by atoms with E-state index in [1.165, 1.54) is 30.3 Å². The Morgan fingerprint density at radius 2 is 1.89 bits per heavy atom. The number of nitrogens with one attached hydrogen (secondary N) is 1. The molecule has 90 valence electrons. The molecule has 0 fully saturated rings. The zero-order valence-corrected chi connectivity index (χ0v) is 9.85. The van der Waals surface area contributed by atoms with E-state index >= 15 is 0 Å². The highest BCUT2D eigenvalue weighted by molar-refractivity contribution is 6.40. The maximum Gasteiger partial charge on any atom is 0.259 e. The van der Waals surface area contributed by atoms with Crippen LogP contribution in [-0.4, -0.2) is 26.7 Å². The molecule has 2 aromatic rings. The minimum absolute atomic E-state index is 0.00731. The first-order valence-corrected chi connectivity index (χ1v) is 5.43. The summed E-state index contributed by atoms with van der Waals surface area (Å²) in [5.41, 5.74) is 0.112. The minimum atomic E-state index is -0.693. The van der Waals surface area contributed by atoms with Gasteiger partial charge in [0, 0.05) is 0 Å². The third-order valence-electron chi connectivity index (χ3n) is 2.53. The zero-order chi connectivity index (χ0) is 14.0. The van der Waals surface area contributed by atoms with E-state index in [1.807, 2.05) is 0 Å². The van der Waals surface area contributed by atoms with Crippen molar-refractivity contribution in [3.63, 3.8) is 0 Å². The Morgan fingerprint density at radius 1 is 1.21 bits per heavy atom. The van der Waals surface area contributed by atoms with Crippen molar-refractivity contribution in [1.29, 1.82) is 0 Å². The quantitative estimate of drug-likeness (QED) is 0.757. The number of aromatic hydroxyl groups is 1. The highest BCUT2D eigenvalue weighted by Gasteiger charge is 2.14.